The third-order valence-electron chi connectivity index (χ3n) is 3.63. The molecule has 0 bridgehead atoms. The number of anilines is 1. The summed E-state index contributed by atoms with van der Waals surface area (Å²) in [6.07, 6.45) is 0. The highest BCUT2D eigenvalue weighted by atomic mass is 35.5. The predicted octanol–water partition coefficient (Wildman–Crippen LogP) is 4.27. The smallest absolute Gasteiger partial charge is 0.239 e. The summed E-state index contributed by atoms with van der Waals surface area (Å²) in [5.41, 5.74) is 0.0681. The first kappa shape index (κ1) is 18.3. The molecule has 0 aliphatic carbocycles. The van der Waals surface area contributed by atoms with Crippen molar-refractivity contribution in [3.8, 4) is 0 Å². The van der Waals surface area contributed by atoms with Gasteiger partial charge in [0.2, 0.25) is 11.8 Å². The molecule has 6 heteroatoms. The summed E-state index contributed by atoms with van der Waals surface area (Å²) in [7, 11) is 0. The number of amides is 2. The molecule has 0 aliphatic rings. The molecular weight excluding hydrogens is 347 g/mol. The van der Waals surface area contributed by atoms with Crippen molar-refractivity contribution in [3.63, 3.8) is 0 Å². The standard InChI is InChI=1S/C18H18Cl2N2O2/c1-18(2,16(23)21-11-12-7-4-3-5-8-12)17(24)22-14-10-6-9-13(19)15(14)20/h3-10H,11H2,1-2H3,(H,21,23)(H,22,24). The maximum absolute atomic E-state index is 12.5. The van der Waals surface area contributed by atoms with Crippen molar-refractivity contribution in [1.82, 2.24) is 5.32 Å². The quantitative estimate of drug-likeness (QED) is 0.778. The van der Waals surface area contributed by atoms with Gasteiger partial charge in [-0.15, -0.1) is 0 Å². The van der Waals surface area contributed by atoms with Gasteiger partial charge in [0.25, 0.3) is 0 Å². The number of carbonyl (C=O) groups is 2. The fourth-order valence-corrected chi connectivity index (χ4v) is 2.33. The summed E-state index contributed by atoms with van der Waals surface area (Å²) >= 11 is 12.0. The zero-order chi connectivity index (χ0) is 17.7. The number of rotatable bonds is 5. The van der Waals surface area contributed by atoms with E-state index in [0.29, 0.717) is 17.3 Å². The minimum atomic E-state index is -1.26. The van der Waals surface area contributed by atoms with Crippen molar-refractivity contribution in [1.29, 1.82) is 0 Å². The summed E-state index contributed by atoms with van der Waals surface area (Å²) in [4.78, 5) is 24.9. The van der Waals surface area contributed by atoms with Crippen LogP contribution in [0, 0.1) is 5.41 Å². The first-order valence-electron chi connectivity index (χ1n) is 7.40. The second kappa shape index (κ2) is 7.69. The summed E-state index contributed by atoms with van der Waals surface area (Å²) < 4.78 is 0. The van der Waals surface area contributed by atoms with Crippen LogP contribution >= 0.6 is 23.2 Å². The molecule has 0 fully saturated rings. The number of benzene rings is 2. The van der Waals surface area contributed by atoms with Gasteiger partial charge < -0.3 is 10.6 Å². The van der Waals surface area contributed by atoms with Crippen molar-refractivity contribution >= 4 is 40.7 Å². The fourth-order valence-electron chi connectivity index (χ4n) is 1.98. The van der Waals surface area contributed by atoms with Gasteiger partial charge in [-0.1, -0.05) is 59.6 Å². The van der Waals surface area contributed by atoms with Crippen LogP contribution in [0.3, 0.4) is 0 Å². The zero-order valence-corrected chi connectivity index (χ0v) is 14.9. The van der Waals surface area contributed by atoms with E-state index in [1.54, 1.807) is 32.0 Å². The van der Waals surface area contributed by atoms with Crippen LogP contribution in [0.15, 0.2) is 48.5 Å². The van der Waals surface area contributed by atoms with Crippen LogP contribution in [-0.4, -0.2) is 11.8 Å². The maximum atomic E-state index is 12.5. The van der Waals surface area contributed by atoms with Crippen molar-refractivity contribution in [2.24, 2.45) is 5.41 Å². The molecule has 2 aromatic rings. The molecule has 0 spiro atoms. The SMILES string of the molecule is CC(C)(C(=O)NCc1ccccc1)C(=O)Nc1cccc(Cl)c1Cl. The summed E-state index contributed by atoms with van der Waals surface area (Å²) in [6.45, 7) is 3.47. The minimum absolute atomic E-state index is 0.244. The van der Waals surface area contributed by atoms with Gasteiger partial charge in [-0.25, -0.2) is 0 Å². The Balaban J connectivity index is 2.03. The molecule has 0 aliphatic heterocycles. The van der Waals surface area contributed by atoms with Crippen molar-refractivity contribution in [2.75, 3.05) is 5.32 Å². The van der Waals surface area contributed by atoms with Crippen molar-refractivity contribution in [3.05, 3.63) is 64.1 Å². The van der Waals surface area contributed by atoms with Crippen LogP contribution in [0.2, 0.25) is 10.0 Å². The minimum Gasteiger partial charge on any atom is -0.351 e. The molecule has 126 valence electrons. The van der Waals surface area contributed by atoms with Gasteiger partial charge in [-0.2, -0.15) is 0 Å². The first-order valence-corrected chi connectivity index (χ1v) is 8.15. The highest BCUT2D eigenvalue weighted by Crippen LogP contribution is 2.30. The molecule has 4 nitrogen and oxygen atoms in total. The highest BCUT2D eigenvalue weighted by Gasteiger charge is 2.36. The molecule has 0 heterocycles. The lowest BCUT2D eigenvalue weighted by atomic mass is 9.90. The normalized spacial score (nSPS) is 11.0. The summed E-state index contributed by atoms with van der Waals surface area (Å²) in [5.74, 6) is -0.834. The van der Waals surface area contributed by atoms with E-state index in [4.69, 9.17) is 23.2 Å². The van der Waals surface area contributed by atoms with Crippen molar-refractivity contribution in [2.45, 2.75) is 20.4 Å². The molecule has 0 aromatic heterocycles. The van der Waals surface area contributed by atoms with Gasteiger partial charge in [0, 0.05) is 6.54 Å². The Labute approximate surface area is 151 Å². The number of hydrogen-bond acceptors (Lipinski definition) is 2. The van der Waals surface area contributed by atoms with Gasteiger partial charge in [0.15, 0.2) is 0 Å². The van der Waals surface area contributed by atoms with Crippen LogP contribution in [-0.2, 0) is 16.1 Å². The monoisotopic (exact) mass is 364 g/mol. The molecule has 2 aromatic carbocycles. The van der Waals surface area contributed by atoms with Crippen LogP contribution in [0.1, 0.15) is 19.4 Å². The summed E-state index contributed by atoms with van der Waals surface area (Å²) in [6, 6.07) is 14.4. The Morgan fingerprint density at radius 2 is 1.62 bits per heavy atom. The molecule has 24 heavy (non-hydrogen) atoms. The number of halogens is 2. The van der Waals surface area contributed by atoms with E-state index in [1.807, 2.05) is 30.3 Å². The molecule has 0 saturated heterocycles. The topological polar surface area (TPSA) is 58.2 Å². The lowest BCUT2D eigenvalue weighted by Crippen LogP contribution is -2.44. The first-order chi connectivity index (χ1) is 11.3. The summed E-state index contributed by atoms with van der Waals surface area (Å²) in [5, 5.41) is 6.00. The van der Waals surface area contributed by atoms with Crippen LogP contribution in [0.25, 0.3) is 0 Å². The largest absolute Gasteiger partial charge is 0.351 e. The second-order valence-electron chi connectivity index (χ2n) is 5.85. The van der Waals surface area contributed by atoms with Crippen LogP contribution in [0.5, 0.6) is 0 Å². The third-order valence-corrected chi connectivity index (χ3v) is 4.45. The molecule has 0 radical (unpaired) electrons. The molecule has 2 N–H and O–H groups in total. The Morgan fingerprint density at radius 3 is 2.29 bits per heavy atom. The van der Waals surface area contributed by atoms with E-state index in [-0.39, 0.29) is 10.9 Å². The van der Waals surface area contributed by atoms with Gasteiger partial charge in [0.1, 0.15) is 5.41 Å². The van der Waals surface area contributed by atoms with Gasteiger partial charge >= 0.3 is 0 Å². The van der Waals surface area contributed by atoms with Crippen molar-refractivity contribution < 1.29 is 9.59 Å². The van der Waals surface area contributed by atoms with Crippen LogP contribution < -0.4 is 10.6 Å². The van der Waals surface area contributed by atoms with E-state index in [2.05, 4.69) is 10.6 Å². The molecular formula is C18H18Cl2N2O2. The molecule has 2 amide bonds. The zero-order valence-electron chi connectivity index (χ0n) is 13.4. The molecule has 2 rings (SSSR count). The Hall–Kier alpha value is -2.04. The number of carbonyl (C=O) groups excluding carboxylic acids is 2. The Bertz CT molecular complexity index is 746. The lowest BCUT2D eigenvalue weighted by Gasteiger charge is -2.23. The van der Waals surface area contributed by atoms with E-state index in [1.165, 1.54) is 0 Å². The average Bonchev–Trinajstić information content (AvgIpc) is 2.57. The maximum Gasteiger partial charge on any atom is 0.239 e. The molecule has 0 atom stereocenters. The molecule has 0 unspecified atom stereocenters. The Kier molecular flexibility index (Phi) is 5.86. The van der Waals surface area contributed by atoms with Gasteiger partial charge in [0.05, 0.1) is 15.7 Å². The Morgan fingerprint density at radius 1 is 0.958 bits per heavy atom. The molecule has 0 saturated carbocycles. The average molecular weight is 365 g/mol. The highest BCUT2D eigenvalue weighted by molar-refractivity contribution is 6.44. The lowest BCUT2D eigenvalue weighted by molar-refractivity contribution is -0.138. The van der Waals surface area contributed by atoms with E-state index in [0.717, 1.165) is 5.56 Å². The second-order valence-corrected chi connectivity index (χ2v) is 6.63. The van der Waals surface area contributed by atoms with Gasteiger partial charge in [-0.3, -0.25) is 9.59 Å². The number of nitrogens with one attached hydrogen (secondary N) is 2. The third kappa shape index (κ3) is 4.28. The van der Waals surface area contributed by atoms with Crippen LogP contribution in [0.4, 0.5) is 5.69 Å². The van der Waals surface area contributed by atoms with E-state index < -0.39 is 11.3 Å². The van der Waals surface area contributed by atoms with Gasteiger partial charge in [-0.05, 0) is 31.5 Å². The fraction of sp³-hybridized carbons (Fsp3) is 0.222. The predicted molar refractivity (Wildman–Crippen MR) is 97.2 cm³/mol. The number of hydrogen-bond donors (Lipinski definition) is 2. The van der Waals surface area contributed by atoms with E-state index in [9.17, 15) is 9.59 Å². The van der Waals surface area contributed by atoms with E-state index >= 15 is 0 Å².